The van der Waals surface area contributed by atoms with Crippen LogP contribution in [0.5, 0.6) is 11.5 Å². The zero-order valence-electron chi connectivity index (χ0n) is 26.6. The fourth-order valence-corrected chi connectivity index (χ4v) is 6.85. The molecule has 0 saturated carbocycles. The smallest absolute Gasteiger partial charge is 0.348 e. The molecule has 1 aliphatic heterocycles. The van der Waals surface area contributed by atoms with Gasteiger partial charge in [0.2, 0.25) is 0 Å². The maximum Gasteiger partial charge on any atom is 0.348 e. The monoisotopic (exact) mass is 713 g/mol. The second-order valence-electron chi connectivity index (χ2n) is 11.3. The predicted octanol–water partition coefficient (Wildman–Crippen LogP) is 6.75. The Bertz CT molecular complexity index is 1660. The van der Waals surface area contributed by atoms with Gasteiger partial charge >= 0.3 is 11.9 Å². The van der Waals surface area contributed by atoms with E-state index in [1.165, 1.54) is 18.4 Å². The molecule has 2 aromatic heterocycles. The van der Waals surface area contributed by atoms with E-state index in [0.29, 0.717) is 70.0 Å². The minimum absolute atomic E-state index is 0.122. The van der Waals surface area contributed by atoms with E-state index >= 15 is 0 Å². The number of carbonyl (C=O) groups excluding carboxylic acids is 2. The van der Waals surface area contributed by atoms with E-state index in [1.54, 1.807) is 43.8 Å². The number of halogens is 2. The van der Waals surface area contributed by atoms with Gasteiger partial charge < -0.3 is 34.5 Å². The van der Waals surface area contributed by atoms with Crippen molar-refractivity contribution in [3.05, 3.63) is 115 Å². The minimum atomic E-state index is -0.743. The van der Waals surface area contributed by atoms with E-state index in [-0.39, 0.29) is 31.0 Å². The first-order chi connectivity index (χ1) is 23.2. The molecule has 1 saturated heterocycles. The van der Waals surface area contributed by atoms with Crippen molar-refractivity contribution >= 4 is 46.5 Å². The number of nitrogens with one attached hydrogen (secondary N) is 2. The molecule has 0 amide bonds. The van der Waals surface area contributed by atoms with Gasteiger partial charge in [0, 0.05) is 29.4 Å². The van der Waals surface area contributed by atoms with Crippen molar-refractivity contribution in [1.82, 2.24) is 10.4 Å². The van der Waals surface area contributed by atoms with E-state index in [4.69, 9.17) is 42.1 Å². The number of carbonyl (C=O) groups is 2. The van der Waals surface area contributed by atoms with E-state index in [9.17, 15) is 14.8 Å². The fraction of sp³-hybridized carbons (Fsp3) is 0.343. The summed E-state index contributed by atoms with van der Waals surface area (Å²) in [5.74, 6) is 0.199. The topological polar surface area (TPSA) is 124 Å². The first-order valence-corrected chi connectivity index (χ1v) is 17.1. The molecule has 0 aliphatic carbocycles. The highest BCUT2D eigenvalue weighted by molar-refractivity contribution is 7.13. The van der Waals surface area contributed by atoms with Gasteiger partial charge in [-0.15, -0.1) is 11.3 Å². The largest absolute Gasteiger partial charge is 0.785 e. The van der Waals surface area contributed by atoms with Gasteiger partial charge in [-0.1, -0.05) is 59.6 Å². The van der Waals surface area contributed by atoms with Gasteiger partial charge in [0.05, 0.1) is 20.6 Å². The normalized spacial score (nSPS) is 15.0. The molecule has 254 valence electrons. The number of aromatic nitrogens is 1. The van der Waals surface area contributed by atoms with Crippen LogP contribution in [-0.2, 0) is 27.2 Å². The lowest BCUT2D eigenvalue weighted by atomic mass is 10.0. The molecule has 2 atom stereocenters. The quantitative estimate of drug-likeness (QED) is 0.141. The molecule has 2 aromatic carbocycles. The molecule has 1 unspecified atom stereocenters. The van der Waals surface area contributed by atoms with Crippen LogP contribution in [0.25, 0.3) is 0 Å². The summed E-state index contributed by atoms with van der Waals surface area (Å²) in [6.07, 6.45) is 3.65. The summed E-state index contributed by atoms with van der Waals surface area (Å²) < 4.78 is 22.7. The number of ether oxygens (including phenoxy) is 4. The number of esters is 2. The van der Waals surface area contributed by atoms with Gasteiger partial charge in [-0.25, -0.2) is 9.78 Å². The van der Waals surface area contributed by atoms with Crippen LogP contribution in [0, 0.1) is 5.21 Å². The van der Waals surface area contributed by atoms with Crippen LogP contribution in [0.2, 0.25) is 10.0 Å². The van der Waals surface area contributed by atoms with Crippen molar-refractivity contribution in [1.29, 1.82) is 0 Å². The Balaban J connectivity index is 1.28. The van der Waals surface area contributed by atoms with Crippen LogP contribution in [0.15, 0.2) is 73.1 Å². The number of rotatable bonds is 14. The highest BCUT2D eigenvalue weighted by Crippen LogP contribution is 2.36. The molecular weight excluding hydrogens is 677 g/mol. The summed E-state index contributed by atoms with van der Waals surface area (Å²) in [5.41, 5.74) is 2.24. The number of hydrogen-bond donors (Lipinski definition) is 1. The lowest BCUT2D eigenvalue weighted by Gasteiger charge is -2.36. The van der Waals surface area contributed by atoms with Crippen molar-refractivity contribution in [3.63, 3.8) is 0 Å². The average molecular weight is 715 g/mol. The molecule has 1 aliphatic rings. The molecule has 1 fully saturated rings. The Kier molecular flexibility index (Phi) is 12.7. The molecule has 0 bridgehead atoms. The van der Waals surface area contributed by atoms with Crippen LogP contribution in [0.4, 0.5) is 0 Å². The van der Waals surface area contributed by atoms with Gasteiger partial charge in [-0.3, -0.25) is 4.79 Å². The molecule has 0 radical (unpaired) electrons. The molecule has 5 rings (SSSR count). The number of methoxy groups -OCH3 is 2. The molecule has 13 heteroatoms. The Hall–Kier alpha value is -3.71. The number of aromatic amines is 1. The molecule has 10 nitrogen and oxygen atoms in total. The van der Waals surface area contributed by atoms with E-state index in [2.05, 4.69) is 10.3 Å². The second kappa shape index (κ2) is 17.1. The first kappa shape index (κ1) is 35.6. The molecule has 0 spiro atoms. The first-order valence-electron chi connectivity index (χ1n) is 15.5. The second-order valence-corrected chi connectivity index (χ2v) is 13.3. The zero-order valence-corrected chi connectivity index (χ0v) is 28.9. The number of benzene rings is 2. The maximum absolute atomic E-state index is 13.5. The predicted molar refractivity (Wildman–Crippen MR) is 183 cm³/mol. The van der Waals surface area contributed by atoms with Crippen molar-refractivity contribution in [2.24, 2.45) is 0 Å². The van der Waals surface area contributed by atoms with Gasteiger partial charge in [0.15, 0.2) is 23.9 Å². The van der Waals surface area contributed by atoms with Crippen LogP contribution in [-0.4, -0.2) is 50.4 Å². The Labute approximate surface area is 293 Å². The lowest BCUT2D eigenvalue weighted by Crippen LogP contribution is -2.35. The summed E-state index contributed by atoms with van der Waals surface area (Å²) >= 11 is 14.2. The van der Waals surface area contributed by atoms with Crippen LogP contribution >= 0.6 is 34.5 Å². The zero-order chi connectivity index (χ0) is 34.0. The third kappa shape index (κ3) is 9.46. The Morgan fingerprint density at radius 3 is 2.38 bits per heavy atom. The number of pyridine rings is 1. The average Bonchev–Trinajstić information content (AvgIpc) is 3.58. The van der Waals surface area contributed by atoms with E-state index in [0.717, 1.165) is 15.5 Å². The van der Waals surface area contributed by atoms with Gasteiger partial charge in [0.25, 0.3) is 0 Å². The molecular formula is C35H37Cl2N3O7S. The summed E-state index contributed by atoms with van der Waals surface area (Å²) in [5, 5.41) is 16.8. The summed E-state index contributed by atoms with van der Waals surface area (Å²) in [4.78, 5) is 30.6. The molecule has 2 N–H and O–H groups in total. The van der Waals surface area contributed by atoms with Crippen molar-refractivity contribution in [2.45, 2.75) is 50.5 Å². The number of piperidine rings is 1. The Morgan fingerprint density at radius 2 is 1.69 bits per heavy atom. The van der Waals surface area contributed by atoms with Crippen LogP contribution in [0.3, 0.4) is 0 Å². The summed E-state index contributed by atoms with van der Waals surface area (Å²) in [6.45, 7) is 1.14. The molecule has 4 aromatic rings. The highest BCUT2D eigenvalue weighted by atomic mass is 35.5. The van der Waals surface area contributed by atoms with Crippen LogP contribution < -0.4 is 19.8 Å². The third-order valence-corrected chi connectivity index (χ3v) is 9.81. The number of H-pyrrole nitrogens is 1. The Morgan fingerprint density at radius 1 is 0.979 bits per heavy atom. The number of nitrogens with zero attached hydrogens (tertiary/aromatic N) is 1. The van der Waals surface area contributed by atoms with Gasteiger partial charge in [-0.05, 0) is 61.3 Å². The van der Waals surface area contributed by atoms with Crippen molar-refractivity contribution in [3.8, 4) is 11.5 Å². The fourth-order valence-electron chi connectivity index (χ4n) is 5.47. The van der Waals surface area contributed by atoms with Gasteiger partial charge in [-0.2, -0.15) is 0 Å². The number of hydrogen-bond acceptors (Lipinski definition) is 10. The summed E-state index contributed by atoms with van der Waals surface area (Å²) in [7, 11) is 3.09. The van der Waals surface area contributed by atoms with Crippen molar-refractivity contribution in [2.75, 3.05) is 27.3 Å². The highest BCUT2D eigenvalue weighted by Gasteiger charge is 2.26. The summed E-state index contributed by atoms with van der Waals surface area (Å²) in [6, 6.07) is 18.2. The van der Waals surface area contributed by atoms with Crippen molar-refractivity contribution < 1.29 is 33.5 Å². The van der Waals surface area contributed by atoms with Crippen LogP contribution in [0.1, 0.15) is 62.6 Å². The van der Waals surface area contributed by atoms with Gasteiger partial charge in [0.1, 0.15) is 27.1 Å². The third-order valence-electron chi connectivity index (χ3n) is 8.07. The lowest BCUT2D eigenvalue weighted by molar-refractivity contribution is -0.377. The van der Waals surface area contributed by atoms with E-state index in [1.807, 2.05) is 36.4 Å². The number of thiophene rings is 1. The standard InChI is InChI=1S/C35H36Cl2N3O7S/c1-44-30-10-8-23(16-32(30)45-2)31(17-26-27(36)20-38-21-28(26)37)47-35(42)33-11-9-25(48-33)19-39-29(22-6-4-3-5-7-22)18-34(41)46-24-12-14-40(43)15-13-24/h3-11,16,20-21,24,29,31,39H,12-15,17-19H2,1-2H3/q-1/p+1/t29?,31-/m0/s1. The minimum Gasteiger partial charge on any atom is -0.785 e. The SMILES string of the molecule is COc1ccc([C@H](Cc2c(Cl)c[nH+]cc2Cl)OC(=O)c2ccc(CNC(CC(=O)OC3CCN([O-])CC3)c3ccccc3)s2)cc1OC. The van der Waals surface area contributed by atoms with E-state index < -0.39 is 12.1 Å². The molecule has 3 heterocycles. The maximum atomic E-state index is 13.5. The molecule has 48 heavy (non-hydrogen) atoms. The number of hydroxylamine groups is 2.